The van der Waals surface area contributed by atoms with E-state index < -0.39 is 12.7 Å². The van der Waals surface area contributed by atoms with Gasteiger partial charge in [0.2, 0.25) is 0 Å². The molecule has 0 bridgehead atoms. The topological polar surface area (TPSA) is 24.1 Å². The van der Waals surface area contributed by atoms with E-state index in [4.69, 9.17) is 0 Å². The number of alkyl halides is 3. The van der Waals surface area contributed by atoms with Crippen molar-refractivity contribution in [3.63, 3.8) is 0 Å². The molecule has 2 N–H and O–H groups in total. The van der Waals surface area contributed by atoms with Gasteiger partial charge in [-0.05, 0) is 12.3 Å². The summed E-state index contributed by atoms with van der Waals surface area (Å²) >= 11 is 0. The Morgan fingerprint density at radius 2 is 2.00 bits per heavy atom. The van der Waals surface area contributed by atoms with Gasteiger partial charge in [0.05, 0.1) is 6.54 Å². The van der Waals surface area contributed by atoms with Gasteiger partial charge in [-0.15, -0.1) is 0 Å². The van der Waals surface area contributed by atoms with Gasteiger partial charge < -0.3 is 10.6 Å². The first-order chi connectivity index (χ1) is 6.53. The molecule has 0 amide bonds. The third kappa shape index (κ3) is 4.81. The quantitative estimate of drug-likeness (QED) is 0.650. The average Bonchev–Trinajstić information content (AvgIpc) is 2.80. The van der Waals surface area contributed by atoms with Gasteiger partial charge >= 0.3 is 6.18 Å². The monoisotopic (exact) mass is 210 g/mol. The van der Waals surface area contributed by atoms with Gasteiger partial charge in [-0.25, -0.2) is 0 Å². The molecule has 0 saturated heterocycles. The van der Waals surface area contributed by atoms with Gasteiger partial charge in [-0.2, -0.15) is 13.2 Å². The Morgan fingerprint density at radius 3 is 2.50 bits per heavy atom. The lowest BCUT2D eigenvalue weighted by Crippen LogP contribution is -2.35. The van der Waals surface area contributed by atoms with Gasteiger partial charge in [0, 0.05) is 19.1 Å². The zero-order chi connectivity index (χ0) is 10.6. The largest absolute Gasteiger partial charge is 0.401 e. The lowest BCUT2D eigenvalue weighted by molar-refractivity contribution is -0.124. The van der Waals surface area contributed by atoms with E-state index in [1.54, 1.807) is 0 Å². The molecule has 2 nitrogen and oxygen atoms in total. The summed E-state index contributed by atoms with van der Waals surface area (Å²) in [7, 11) is 0. The predicted molar refractivity (Wildman–Crippen MR) is 49.1 cm³/mol. The third-order valence-electron chi connectivity index (χ3n) is 2.48. The Balaban J connectivity index is 1.86. The lowest BCUT2D eigenvalue weighted by atomic mass is 10.3. The number of rotatable bonds is 6. The molecule has 0 aromatic rings. The summed E-state index contributed by atoms with van der Waals surface area (Å²) in [6.07, 6.45) is -1.76. The van der Waals surface area contributed by atoms with Crippen LogP contribution < -0.4 is 10.6 Å². The average molecular weight is 210 g/mol. The minimum Gasteiger partial charge on any atom is -0.312 e. The summed E-state index contributed by atoms with van der Waals surface area (Å²) < 4.78 is 35.1. The highest BCUT2D eigenvalue weighted by Crippen LogP contribution is 2.32. The van der Waals surface area contributed by atoms with Crippen LogP contribution in [0.3, 0.4) is 0 Å². The van der Waals surface area contributed by atoms with Crippen molar-refractivity contribution < 1.29 is 13.2 Å². The number of hydrogen-bond acceptors (Lipinski definition) is 2. The van der Waals surface area contributed by atoms with Crippen LogP contribution in [-0.4, -0.2) is 31.9 Å². The molecule has 1 rings (SSSR count). The van der Waals surface area contributed by atoms with Crippen LogP contribution in [0.25, 0.3) is 0 Å². The number of halogens is 3. The Kier molecular flexibility index (Phi) is 4.19. The number of hydrogen-bond donors (Lipinski definition) is 2. The van der Waals surface area contributed by atoms with E-state index >= 15 is 0 Å². The van der Waals surface area contributed by atoms with Crippen LogP contribution in [0, 0.1) is 5.92 Å². The van der Waals surface area contributed by atoms with Crippen molar-refractivity contribution in [2.45, 2.75) is 32.0 Å². The standard InChI is InChI=1S/C9H17F3N2/c1-2-7-5-8(7)14-4-3-13-6-9(10,11)12/h7-8,13-14H,2-6H2,1H3. The zero-order valence-electron chi connectivity index (χ0n) is 8.32. The Morgan fingerprint density at radius 1 is 1.29 bits per heavy atom. The van der Waals surface area contributed by atoms with E-state index in [2.05, 4.69) is 17.6 Å². The summed E-state index contributed by atoms with van der Waals surface area (Å²) in [4.78, 5) is 0. The molecular formula is C9H17F3N2. The van der Waals surface area contributed by atoms with Crippen LogP contribution in [0.5, 0.6) is 0 Å². The summed E-state index contributed by atoms with van der Waals surface area (Å²) in [6.45, 7) is 2.24. The second kappa shape index (κ2) is 4.98. The number of nitrogens with one attached hydrogen (secondary N) is 2. The fourth-order valence-electron chi connectivity index (χ4n) is 1.52. The van der Waals surface area contributed by atoms with Crippen LogP contribution >= 0.6 is 0 Å². The molecule has 84 valence electrons. The molecule has 0 spiro atoms. The van der Waals surface area contributed by atoms with Crippen LogP contribution in [0.15, 0.2) is 0 Å². The highest BCUT2D eigenvalue weighted by molar-refractivity contribution is 4.91. The lowest BCUT2D eigenvalue weighted by Gasteiger charge is -2.08. The molecule has 1 aliphatic carbocycles. The van der Waals surface area contributed by atoms with Crippen molar-refractivity contribution in [2.24, 2.45) is 5.92 Å². The van der Waals surface area contributed by atoms with Gasteiger partial charge in [-0.3, -0.25) is 0 Å². The molecule has 1 fully saturated rings. The first-order valence-electron chi connectivity index (χ1n) is 5.04. The molecule has 0 radical (unpaired) electrons. The van der Waals surface area contributed by atoms with E-state index in [9.17, 15) is 13.2 Å². The van der Waals surface area contributed by atoms with E-state index in [1.165, 1.54) is 6.42 Å². The fraction of sp³-hybridized carbons (Fsp3) is 1.00. The minimum atomic E-state index is -4.09. The summed E-state index contributed by atoms with van der Waals surface area (Å²) in [5.41, 5.74) is 0. The molecule has 1 saturated carbocycles. The van der Waals surface area contributed by atoms with Crippen LogP contribution in [0.4, 0.5) is 13.2 Å². The fourth-order valence-corrected chi connectivity index (χ4v) is 1.52. The summed E-state index contributed by atoms with van der Waals surface area (Å²) in [6, 6.07) is 0.549. The summed E-state index contributed by atoms with van der Waals surface area (Å²) in [5.74, 6) is 0.748. The van der Waals surface area contributed by atoms with Crippen molar-refractivity contribution in [3.05, 3.63) is 0 Å². The SMILES string of the molecule is CCC1CC1NCCNCC(F)(F)F. The predicted octanol–water partition coefficient (Wildman–Crippen LogP) is 1.53. The maximum atomic E-state index is 11.7. The highest BCUT2D eigenvalue weighted by Gasteiger charge is 2.34. The Hall–Kier alpha value is -0.290. The third-order valence-corrected chi connectivity index (χ3v) is 2.48. The van der Waals surface area contributed by atoms with Gasteiger partial charge in [0.25, 0.3) is 0 Å². The van der Waals surface area contributed by atoms with Crippen LogP contribution in [-0.2, 0) is 0 Å². The zero-order valence-corrected chi connectivity index (χ0v) is 8.32. The van der Waals surface area contributed by atoms with Crippen molar-refractivity contribution >= 4 is 0 Å². The smallest absolute Gasteiger partial charge is 0.312 e. The van der Waals surface area contributed by atoms with E-state index in [1.807, 2.05) is 0 Å². The molecule has 0 aliphatic heterocycles. The van der Waals surface area contributed by atoms with E-state index in [0.29, 0.717) is 19.1 Å². The molecule has 14 heavy (non-hydrogen) atoms. The minimum absolute atomic E-state index is 0.381. The van der Waals surface area contributed by atoms with Gasteiger partial charge in [0.1, 0.15) is 0 Å². The van der Waals surface area contributed by atoms with E-state index in [-0.39, 0.29) is 0 Å². The van der Waals surface area contributed by atoms with Gasteiger partial charge in [0.15, 0.2) is 0 Å². The van der Waals surface area contributed by atoms with Crippen molar-refractivity contribution in [3.8, 4) is 0 Å². The normalized spacial score (nSPS) is 26.6. The Labute approximate surface area is 82.2 Å². The van der Waals surface area contributed by atoms with Crippen molar-refractivity contribution in [1.82, 2.24) is 10.6 Å². The molecular weight excluding hydrogens is 193 g/mol. The summed E-state index contributed by atoms with van der Waals surface area (Å²) in [5, 5.41) is 5.57. The van der Waals surface area contributed by atoms with Gasteiger partial charge in [-0.1, -0.05) is 13.3 Å². The molecule has 0 heterocycles. The first kappa shape index (κ1) is 11.8. The second-order valence-electron chi connectivity index (χ2n) is 3.76. The highest BCUT2D eigenvalue weighted by atomic mass is 19.4. The Bertz CT molecular complexity index is 170. The van der Waals surface area contributed by atoms with Crippen LogP contribution in [0.1, 0.15) is 19.8 Å². The molecule has 0 aromatic carbocycles. The molecule has 5 heteroatoms. The van der Waals surface area contributed by atoms with Crippen LogP contribution in [0.2, 0.25) is 0 Å². The molecule has 0 aromatic heterocycles. The maximum absolute atomic E-state index is 11.7. The van der Waals surface area contributed by atoms with E-state index in [0.717, 1.165) is 12.3 Å². The molecule has 1 aliphatic rings. The molecule has 2 atom stereocenters. The first-order valence-corrected chi connectivity index (χ1v) is 5.04. The van der Waals surface area contributed by atoms with Crippen molar-refractivity contribution in [2.75, 3.05) is 19.6 Å². The second-order valence-corrected chi connectivity index (χ2v) is 3.76. The van der Waals surface area contributed by atoms with Crippen molar-refractivity contribution in [1.29, 1.82) is 0 Å². The maximum Gasteiger partial charge on any atom is 0.401 e. The molecule has 2 unspecified atom stereocenters.